The molecular formula is C21H19N5O2S. The molecule has 1 aliphatic rings. The van der Waals surface area contributed by atoms with E-state index in [0.29, 0.717) is 18.8 Å². The molecule has 3 aromatic rings. The Morgan fingerprint density at radius 1 is 1.21 bits per heavy atom. The number of nitriles is 1. The minimum atomic E-state index is 0.000392. The first kappa shape index (κ1) is 18.9. The van der Waals surface area contributed by atoms with E-state index >= 15 is 0 Å². The van der Waals surface area contributed by atoms with Crippen LogP contribution in [0.25, 0.3) is 16.4 Å². The minimum Gasteiger partial charge on any atom is -0.479 e. The summed E-state index contributed by atoms with van der Waals surface area (Å²) in [6.45, 7) is 2.85. The number of hydrogen-bond donors (Lipinski definition) is 0. The zero-order valence-corrected chi connectivity index (χ0v) is 16.5. The molecule has 0 atom stereocenters. The first-order chi connectivity index (χ1) is 14.2. The molecule has 0 aliphatic carbocycles. The smallest absolute Gasteiger partial charge is 0.246 e. The third-order valence-electron chi connectivity index (χ3n) is 4.62. The van der Waals surface area contributed by atoms with E-state index in [9.17, 15) is 4.79 Å². The Kier molecular flexibility index (Phi) is 5.68. The Labute approximate surface area is 172 Å². The number of rotatable bonds is 5. The van der Waals surface area contributed by atoms with Crippen LogP contribution in [0.2, 0.25) is 0 Å². The van der Waals surface area contributed by atoms with E-state index in [4.69, 9.17) is 10.00 Å². The first-order valence-corrected chi connectivity index (χ1v) is 10.1. The van der Waals surface area contributed by atoms with Crippen LogP contribution in [0.3, 0.4) is 0 Å². The zero-order valence-electron chi connectivity index (χ0n) is 15.7. The zero-order chi connectivity index (χ0) is 20.1. The van der Waals surface area contributed by atoms with Gasteiger partial charge in [0, 0.05) is 38.5 Å². The highest BCUT2D eigenvalue weighted by atomic mass is 32.1. The van der Waals surface area contributed by atoms with Crippen molar-refractivity contribution in [2.24, 2.45) is 0 Å². The molecule has 7 nitrogen and oxygen atoms in total. The number of ether oxygens (including phenoxy) is 1. The number of aromatic nitrogens is 2. The predicted octanol–water partition coefficient (Wildman–Crippen LogP) is 2.96. The van der Waals surface area contributed by atoms with Gasteiger partial charge in [-0.1, -0.05) is 23.5 Å². The van der Waals surface area contributed by atoms with Crippen LogP contribution in [-0.2, 0) is 4.79 Å². The van der Waals surface area contributed by atoms with Crippen molar-refractivity contribution in [2.45, 2.75) is 0 Å². The number of carbonyl (C=O) groups is 1. The first-order valence-electron chi connectivity index (χ1n) is 9.26. The summed E-state index contributed by atoms with van der Waals surface area (Å²) in [5.74, 6) is 0.636. The van der Waals surface area contributed by atoms with Crippen molar-refractivity contribution in [3.05, 3.63) is 54.2 Å². The highest BCUT2D eigenvalue weighted by Gasteiger charge is 2.22. The van der Waals surface area contributed by atoms with Gasteiger partial charge >= 0.3 is 0 Å². The summed E-state index contributed by atoms with van der Waals surface area (Å²) in [6, 6.07) is 13.1. The Bertz CT molecular complexity index is 1030. The van der Waals surface area contributed by atoms with Crippen LogP contribution >= 0.6 is 11.3 Å². The number of carbonyl (C=O) groups excluding carboxylic acids is 1. The molecule has 0 unspecified atom stereocenters. The van der Waals surface area contributed by atoms with Crippen LogP contribution in [-0.4, -0.2) is 53.6 Å². The molecule has 2 aromatic heterocycles. The highest BCUT2D eigenvalue weighted by molar-refractivity contribution is 7.21. The lowest BCUT2D eigenvalue weighted by Gasteiger charge is -2.34. The van der Waals surface area contributed by atoms with E-state index in [-0.39, 0.29) is 12.5 Å². The average Bonchev–Trinajstić information content (AvgIpc) is 3.21. The second-order valence-corrected chi connectivity index (χ2v) is 7.44. The Hall–Kier alpha value is -3.44. The number of piperazine rings is 1. The molecule has 0 saturated carbocycles. The summed E-state index contributed by atoms with van der Waals surface area (Å²) in [6.07, 6.45) is 5.17. The number of fused-ring (bicyclic) bond motifs is 1. The molecule has 146 valence electrons. The van der Waals surface area contributed by atoms with Crippen LogP contribution in [0.5, 0.6) is 5.75 Å². The monoisotopic (exact) mass is 405 g/mol. The third kappa shape index (κ3) is 4.52. The maximum absolute atomic E-state index is 12.5. The van der Waals surface area contributed by atoms with Crippen molar-refractivity contribution in [1.82, 2.24) is 14.9 Å². The predicted molar refractivity (Wildman–Crippen MR) is 113 cm³/mol. The molecule has 1 aromatic carbocycles. The fourth-order valence-corrected chi connectivity index (χ4v) is 4.04. The van der Waals surface area contributed by atoms with Gasteiger partial charge in [0.05, 0.1) is 0 Å². The molecule has 0 N–H and O–H groups in total. The molecule has 0 radical (unpaired) electrons. The van der Waals surface area contributed by atoms with Crippen molar-refractivity contribution < 1.29 is 9.53 Å². The summed E-state index contributed by atoms with van der Waals surface area (Å²) in [5, 5.41) is 9.49. The second-order valence-electron chi connectivity index (χ2n) is 6.49. The average molecular weight is 405 g/mol. The lowest BCUT2D eigenvalue weighted by Crippen LogP contribution is -2.48. The lowest BCUT2D eigenvalue weighted by molar-refractivity contribution is -0.126. The summed E-state index contributed by atoms with van der Waals surface area (Å²) in [7, 11) is 0. The summed E-state index contributed by atoms with van der Waals surface area (Å²) >= 11 is 1.59. The van der Waals surface area contributed by atoms with Gasteiger partial charge < -0.3 is 14.5 Å². The van der Waals surface area contributed by atoms with Gasteiger partial charge in [-0.15, -0.1) is 0 Å². The molecule has 29 heavy (non-hydrogen) atoms. The van der Waals surface area contributed by atoms with Crippen molar-refractivity contribution in [1.29, 1.82) is 5.26 Å². The van der Waals surface area contributed by atoms with Crippen LogP contribution < -0.4 is 9.64 Å². The van der Waals surface area contributed by atoms with E-state index in [1.807, 2.05) is 35.2 Å². The molecule has 0 bridgehead atoms. The number of nitrogens with zero attached hydrogens (tertiary/aromatic N) is 5. The Morgan fingerprint density at radius 2 is 2.00 bits per heavy atom. The standard InChI is InChI=1S/C21H19N5O2S/c22-9-15-28-17-6-3-16(4-7-17)5-8-19(27)25-11-13-26(14-12-25)21-24-18-2-1-10-23-20(18)29-21/h1-8,10H,11-15H2/b8-5+. The van der Waals surface area contributed by atoms with Gasteiger partial charge in [0.1, 0.15) is 22.2 Å². The van der Waals surface area contributed by atoms with E-state index in [0.717, 1.165) is 34.1 Å². The van der Waals surface area contributed by atoms with Gasteiger partial charge in [-0.25, -0.2) is 9.97 Å². The Morgan fingerprint density at radius 3 is 2.72 bits per heavy atom. The summed E-state index contributed by atoms with van der Waals surface area (Å²) in [4.78, 5) is 26.5. The van der Waals surface area contributed by atoms with Gasteiger partial charge in [0.15, 0.2) is 11.7 Å². The Balaban J connectivity index is 1.31. The summed E-state index contributed by atoms with van der Waals surface area (Å²) in [5.41, 5.74) is 1.82. The molecule has 0 spiro atoms. The van der Waals surface area contributed by atoms with Gasteiger partial charge in [0.2, 0.25) is 5.91 Å². The van der Waals surface area contributed by atoms with Gasteiger partial charge in [-0.3, -0.25) is 4.79 Å². The van der Waals surface area contributed by atoms with E-state index < -0.39 is 0 Å². The fraction of sp³-hybridized carbons (Fsp3) is 0.238. The topological polar surface area (TPSA) is 82.4 Å². The summed E-state index contributed by atoms with van der Waals surface area (Å²) < 4.78 is 5.22. The quantitative estimate of drug-likeness (QED) is 0.607. The van der Waals surface area contributed by atoms with Gasteiger partial charge in [0.25, 0.3) is 0 Å². The number of thiazole rings is 1. The van der Waals surface area contributed by atoms with Crippen LogP contribution in [0, 0.1) is 11.3 Å². The SMILES string of the molecule is N#CCOc1ccc(/C=C/C(=O)N2CCN(c3nc4cccnc4s3)CC2)cc1. The third-order valence-corrected chi connectivity index (χ3v) is 5.66. The number of anilines is 1. The highest BCUT2D eigenvalue weighted by Crippen LogP contribution is 2.27. The van der Waals surface area contributed by atoms with Gasteiger partial charge in [-0.05, 0) is 35.9 Å². The molecule has 3 heterocycles. The minimum absolute atomic E-state index is 0.000392. The number of amides is 1. The molecule has 1 amide bonds. The molecule has 8 heteroatoms. The molecular weight excluding hydrogens is 386 g/mol. The van der Waals surface area contributed by atoms with Crippen molar-refractivity contribution in [3.63, 3.8) is 0 Å². The normalized spacial score (nSPS) is 14.3. The lowest BCUT2D eigenvalue weighted by atomic mass is 10.2. The van der Waals surface area contributed by atoms with Crippen LogP contribution in [0.15, 0.2) is 48.7 Å². The van der Waals surface area contributed by atoms with Crippen molar-refractivity contribution in [3.8, 4) is 11.8 Å². The molecule has 1 aliphatic heterocycles. The largest absolute Gasteiger partial charge is 0.479 e. The maximum atomic E-state index is 12.5. The molecule has 4 rings (SSSR count). The van der Waals surface area contributed by atoms with Crippen LogP contribution in [0.4, 0.5) is 5.13 Å². The van der Waals surface area contributed by atoms with Crippen LogP contribution in [0.1, 0.15) is 5.56 Å². The second kappa shape index (κ2) is 8.71. The fourth-order valence-electron chi connectivity index (χ4n) is 3.08. The molecule has 1 saturated heterocycles. The number of hydrogen-bond acceptors (Lipinski definition) is 7. The van der Waals surface area contributed by atoms with E-state index in [2.05, 4.69) is 14.9 Å². The number of benzene rings is 1. The van der Waals surface area contributed by atoms with Crippen molar-refractivity contribution >= 4 is 38.8 Å². The van der Waals surface area contributed by atoms with Gasteiger partial charge in [-0.2, -0.15) is 5.26 Å². The number of pyridine rings is 1. The van der Waals surface area contributed by atoms with Crippen molar-refractivity contribution in [2.75, 3.05) is 37.7 Å². The van der Waals surface area contributed by atoms with E-state index in [1.165, 1.54) is 0 Å². The molecule has 1 fully saturated rings. The maximum Gasteiger partial charge on any atom is 0.246 e. The van der Waals surface area contributed by atoms with E-state index in [1.54, 1.807) is 41.8 Å².